The van der Waals surface area contributed by atoms with Crippen molar-refractivity contribution in [2.24, 2.45) is 7.05 Å². The van der Waals surface area contributed by atoms with E-state index in [2.05, 4.69) is 12.0 Å². The molecular weight excluding hydrogens is 200 g/mol. The van der Waals surface area contributed by atoms with Gasteiger partial charge in [0.1, 0.15) is 0 Å². The number of nitrogens with zero attached hydrogens (tertiary/aromatic N) is 2. The molecule has 16 heavy (non-hydrogen) atoms. The number of hydrogen-bond acceptors (Lipinski definition) is 2. The van der Waals surface area contributed by atoms with Crippen LogP contribution >= 0.6 is 0 Å². The van der Waals surface area contributed by atoms with E-state index < -0.39 is 0 Å². The predicted molar refractivity (Wildman–Crippen MR) is 66.4 cm³/mol. The fourth-order valence-corrected chi connectivity index (χ4v) is 2.18. The van der Waals surface area contributed by atoms with Crippen molar-refractivity contribution in [3.63, 3.8) is 0 Å². The van der Waals surface area contributed by atoms with Crippen molar-refractivity contribution in [3.8, 4) is 0 Å². The van der Waals surface area contributed by atoms with Crippen LogP contribution in [0, 0.1) is 13.8 Å². The fraction of sp³-hybridized carbons (Fsp3) is 0.769. The van der Waals surface area contributed by atoms with Crippen molar-refractivity contribution in [2.75, 3.05) is 0 Å². The first-order chi connectivity index (χ1) is 7.57. The van der Waals surface area contributed by atoms with E-state index in [0.29, 0.717) is 0 Å². The average Bonchev–Trinajstić information content (AvgIpc) is 2.48. The van der Waals surface area contributed by atoms with E-state index in [1.165, 1.54) is 19.3 Å². The molecule has 0 amide bonds. The first-order valence-electron chi connectivity index (χ1n) is 6.26. The first kappa shape index (κ1) is 13.2. The van der Waals surface area contributed by atoms with Gasteiger partial charge in [-0.25, -0.2) is 0 Å². The Kier molecular flexibility index (Phi) is 5.00. The van der Waals surface area contributed by atoms with E-state index in [1.807, 2.05) is 25.6 Å². The third-order valence-electron chi connectivity index (χ3n) is 3.23. The molecule has 1 heterocycles. The second kappa shape index (κ2) is 6.04. The van der Waals surface area contributed by atoms with Crippen molar-refractivity contribution < 1.29 is 5.11 Å². The van der Waals surface area contributed by atoms with Gasteiger partial charge in [0.2, 0.25) is 0 Å². The van der Waals surface area contributed by atoms with Crippen LogP contribution in [-0.4, -0.2) is 14.9 Å². The summed E-state index contributed by atoms with van der Waals surface area (Å²) in [5, 5.41) is 14.5. The summed E-state index contributed by atoms with van der Waals surface area (Å²) in [5.74, 6) is 0. The zero-order chi connectivity index (χ0) is 12.1. The molecule has 1 aromatic rings. The van der Waals surface area contributed by atoms with E-state index in [-0.39, 0.29) is 6.10 Å². The molecule has 0 bridgehead atoms. The van der Waals surface area contributed by atoms with Gasteiger partial charge in [0.15, 0.2) is 0 Å². The molecule has 0 saturated carbocycles. The lowest BCUT2D eigenvalue weighted by Crippen LogP contribution is -2.01. The molecular formula is C13H24N2O. The summed E-state index contributed by atoms with van der Waals surface area (Å²) in [6.45, 7) is 6.19. The smallest absolute Gasteiger partial charge is 0.0825 e. The van der Waals surface area contributed by atoms with E-state index in [0.717, 1.165) is 29.8 Å². The van der Waals surface area contributed by atoms with Crippen molar-refractivity contribution in [2.45, 2.75) is 59.0 Å². The third-order valence-corrected chi connectivity index (χ3v) is 3.23. The molecule has 1 N–H and O–H groups in total. The van der Waals surface area contributed by atoms with Crippen molar-refractivity contribution in [1.29, 1.82) is 0 Å². The van der Waals surface area contributed by atoms with Crippen LogP contribution < -0.4 is 0 Å². The number of rotatable bonds is 6. The minimum atomic E-state index is -0.342. The van der Waals surface area contributed by atoms with Crippen LogP contribution in [0.2, 0.25) is 0 Å². The summed E-state index contributed by atoms with van der Waals surface area (Å²) < 4.78 is 1.85. The monoisotopic (exact) mass is 224 g/mol. The molecule has 3 heteroatoms. The van der Waals surface area contributed by atoms with Crippen molar-refractivity contribution in [3.05, 3.63) is 17.0 Å². The minimum Gasteiger partial charge on any atom is -0.388 e. The summed E-state index contributed by atoms with van der Waals surface area (Å²) >= 11 is 0. The highest BCUT2D eigenvalue weighted by molar-refractivity contribution is 5.26. The predicted octanol–water partition coefficient (Wildman–Crippen LogP) is 3.04. The van der Waals surface area contributed by atoms with Crippen LogP contribution in [0.1, 0.15) is 62.1 Å². The second-order valence-corrected chi connectivity index (χ2v) is 4.57. The minimum absolute atomic E-state index is 0.342. The Balaban J connectivity index is 2.55. The van der Waals surface area contributed by atoms with Crippen LogP contribution in [0.4, 0.5) is 0 Å². The molecule has 0 saturated heterocycles. The Bertz CT molecular complexity index is 331. The highest BCUT2D eigenvalue weighted by atomic mass is 16.3. The molecule has 3 nitrogen and oxygen atoms in total. The molecule has 0 aliphatic heterocycles. The molecule has 92 valence electrons. The quantitative estimate of drug-likeness (QED) is 0.754. The highest BCUT2D eigenvalue weighted by Gasteiger charge is 2.17. The molecule has 1 rings (SSSR count). The van der Waals surface area contributed by atoms with Gasteiger partial charge in [0, 0.05) is 18.3 Å². The van der Waals surface area contributed by atoms with E-state index in [9.17, 15) is 5.11 Å². The van der Waals surface area contributed by atoms with Gasteiger partial charge in [-0.3, -0.25) is 4.68 Å². The van der Waals surface area contributed by atoms with Crippen molar-refractivity contribution in [1.82, 2.24) is 9.78 Å². The molecule has 1 atom stereocenters. The lowest BCUT2D eigenvalue weighted by molar-refractivity contribution is 0.162. The van der Waals surface area contributed by atoms with Gasteiger partial charge in [0.05, 0.1) is 11.8 Å². The third kappa shape index (κ3) is 3.08. The normalized spacial score (nSPS) is 13.1. The van der Waals surface area contributed by atoms with Crippen LogP contribution in [0.25, 0.3) is 0 Å². The average molecular weight is 224 g/mol. The summed E-state index contributed by atoms with van der Waals surface area (Å²) in [5.41, 5.74) is 3.07. The molecule has 0 spiro atoms. The van der Waals surface area contributed by atoms with Crippen molar-refractivity contribution >= 4 is 0 Å². The Morgan fingerprint density at radius 3 is 2.44 bits per heavy atom. The fourth-order valence-electron chi connectivity index (χ4n) is 2.18. The Hall–Kier alpha value is -0.830. The van der Waals surface area contributed by atoms with E-state index >= 15 is 0 Å². The first-order valence-corrected chi connectivity index (χ1v) is 6.26. The highest BCUT2D eigenvalue weighted by Crippen LogP contribution is 2.25. The summed E-state index contributed by atoms with van der Waals surface area (Å²) in [6, 6.07) is 0. The summed E-state index contributed by atoms with van der Waals surface area (Å²) in [7, 11) is 1.93. The lowest BCUT2D eigenvalue weighted by atomic mass is 10.0. The molecule has 0 aromatic carbocycles. The van der Waals surface area contributed by atoms with E-state index in [4.69, 9.17) is 0 Å². The topological polar surface area (TPSA) is 38.1 Å². The Morgan fingerprint density at radius 1 is 1.25 bits per heavy atom. The maximum absolute atomic E-state index is 10.1. The SMILES string of the molecule is CCCCCCC(O)c1c(C)nn(C)c1C. The zero-order valence-corrected chi connectivity index (χ0v) is 11.0. The number of hydrogen-bond donors (Lipinski definition) is 1. The molecule has 1 aromatic heterocycles. The number of aliphatic hydroxyl groups is 1. The number of unbranched alkanes of at least 4 members (excludes halogenated alkanes) is 3. The number of aliphatic hydroxyl groups excluding tert-OH is 1. The van der Waals surface area contributed by atoms with Gasteiger partial charge in [-0.05, 0) is 20.3 Å². The maximum Gasteiger partial charge on any atom is 0.0825 e. The second-order valence-electron chi connectivity index (χ2n) is 4.57. The van der Waals surface area contributed by atoms with Gasteiger partial charge in [-0.1, -0.05) is 32.6 Å². The maximum atomic E-state index is 10.1. The van der Waals surface area contributed by atoms with Gasteiger partial charge in [0.25, 0.3) is 0 Å². The van der Waals surface area contributed by atoms with Gasteiger partial charge >= 0.3 is 0 Å². The van der Waals surface area contributed by atoms with E-state index in [1.54, 1.807) is 0 Å². The number of aryl methyl sites for hydroxylation is 2. The molecule has 0 radical (unpaired) electrons. The van der Waals surface area contributed by atoms with Crippen LogP contribution in [0.3, 0.4) is 0 Å². The molecule has 0 aliphatic rings. The Morgan fingerprint density at radius 2 is 1.94 bits per heavy atom. The van der Waals surface area contributed by atoms with Crippen LogP contribution in [-0.2, 0) is 7.05 Å². The van der Waals surface area contributed by atoms with Gasteiger partial charge in [-0.15, -0.1) is 0 Å². The molecule has 0 fully saturated rings. The van der Waals surface area contributed by atoms with Crippen LogP contribution in [0.5, 0.6) is 0 Å². The largest absolute Gasteiger partial charge is 0.388 e. The zero-order valence-electron chi connectivity index (χ0n) is 11.0. The molecule has 0 aliphatic carbocycles. The standard InChI is InChI=1S/C13H24N2O/c1-5-6-7-8-9-12(16)13-10(2)14-15(4)11(13)3/h12,16H,5-9H2,1-4H3. The van der Waals surface area contributed by atoms with Crippen LogP contribution in [0.15, 0.2) is 0 Å². The Labute approximate surface area is 98.5 Å². The molecule has 1 unspecified atom stereocenters. The summed E-state index contributed by atoms with van der Waals surface area (Å²) in [4.78, 5) is 0. The van der Waals surface area contributed by atoms with Gasteiger partial charge in [-0.2, -0.15) is 5.10 Å². The summed E-state index contributed by atoms with van der Waals surface area (Å²) in [6.07, 6.45) is 5.33. The number of aromatic nitrogens is 2. The van der Waals surface area contributed by atoms with Gasteiger partial charge < -0.3 is 5.11 Å². The lowest BCUT2D eigenvalue weighted by Gasteiger charge is -2.11.